The number of fused-ring (bicyclic) bond motifs is 8. The summed E-state index contributed by atoms with van der Waals surface area (Å²) < 4.78 is 6.46. The van der Waals surface area contributed by atoms with E-state index in [1.165, 1.54) is 38.8 Å². The van der Waals surface area contributed by atoms with Crippen LogP contribution in [-0.4, -0.2) is 17.8 Å². The van der Waals surface area contributed by atoms with Crippen molar-refractivity contribution < 1.29 is 9.84 Å². The van der Waals surface area contributed by atoms with E-state index >= 15 is 0 Å². The molecule has 6 rings (SSSR count). The molecule has 0 amide bonds. The Labute approximate surface area is 176 Å². The van der Waals surface area contributed by atoms with Crippen LogP contribution < -0.4 is 4.74 Å². The van der Waals surface area contributed by atoms with Gasteiger partial charge < -0.3 is 9.84 Å². The zero-order chi connectivity index (χ0) is 20.2. The third-order valence-electron chi connectivity index (χ3n) is 6.40. The summed E-state index contributed by atoms with van der Waals surface area (Å²) in [6.45, 7) is 2.17. The van der Waals surface area contributed by atoms with Crippen LogP contribution in [0.1, 0.15) is 35.1 Å². The number of aliphatic hydroxyl groups is 1. The van der Waals surface area contributed by atoms with E-state index in [-0.39, 0.29) is 18.6 Å². The quantitative estimate of drug-likeness (QED) is 0.444. The van der Waals surface area contributed by atoms with Gasteiger partial charge >= 0.3 is 0 Å². The van der Waals surface area contributed by atoms with Crippen molar-refractivity contribution in [3.8, 4) is 16.9 Å². The van der Waals surface area contributed by atoms with Crippen LogP contribution in [-0.2, 0) is 0 Å². The number of benzene rings is 4. The Balaban J connectivity index is 1.79. The van der Waals surface area contributed by atoms with Crippen molar-refractivity contribution in [3.05, 3.63) is 107 Å². The predicted octanol–water partition coefficient (Wildman–Crippen LogP) is 6.16. The first-order valence-electron chi connectivity index (χ1n) is 10.5. The van der Waals surface area contributed by atoms with Gasteiger partial charge in [-0.05, 0) is 51.8 Å². The SMILES string of the molecule is CC1C=C(c2ccccc2)c2c3c(c4ccccc4c2O1)-c1ccccc1C3CO. The minimum atomic E-state index is -0.0568. The number of aliphatic hydroxyl groups excluding tert-OH is 1. The fraction of sp³-hybridized carbons (Fsp3) is 0.143. The fourth-order valence-corrected chi connectivity index (χ4v) is 5.22. The lowest BCUT2D eigenvalue weighted by molar-refractivity contribution is 0.266. The lowest BCUT2D eigenvalue weighted by atomic mass is 9.82. The third-order valence-corrected chi connectivity index (χ3v) is 6.40. The standard InChI is InChI=1S/C28H22O2/c1-17-15-23(18-9-3-2-4-10-18)27-26-24(16-29)19-11-5-6-12-20(19)25(26)21-13-7-8-14-22(21)28(27)30-17/h2-15,17,24,29H,16H2,1H3. The zero-order valence-corrected chi connectivity index (χ0v) is 16.8. The molecule has 2 nitrogen and oxygen atoms in total. The van der Waals surface area contributed by atoms with Crippen LogP contribution in [0.3, 0.4) is 0 Å². The smallest absolute Gasteiger partial charge is 0.136 e. The molecular weight excluding hydrogens is 368 g/mol. The number of hydrogen-bond acceptors (Lipinski definition) is 2. The summed E-state index contributed by atoms with van der Waals surface area (Å²) in [6, 6.07) is 27.5. The maximum atomic E-state index is 10.5. The van der Waals surface area contributed by atoms with E-state index < -0.39 is 0 Å². The number of hydrogen-bond donors (Lipinski definition) is 1. The molecule has 0 bridgehead atoms. The molecule has 146 valence electrons. The summed E-state index contributed by atoms with van der Waals surface area (Å²) >= 11 is 0. The van der Waals surface area contributed by atoms with Crippen LogP contribution >= 0.6 is 0 Å². The number of ether oxygens (including phenoxy) is 1. The van der Waals surface area contributed by atoms with E-state index in [0.29, 0.717) is 0 Å². The number of rotatable bonds is 2. The highest BCUT2D eigenvalue weighted by Crippen LogP contribution is 2.56. The first-order chi connectivity index (χ1) is 14.8. The molecular formula is C28H22O2. The summed E-state index contributed by atoms with van der Waals surface area (Å²) in [5.74, 6) is 0.878. The zero-order valence-electron chi connectivity index (χ0n) is 16.8. The second kappa shape index (κ2) is 6.58. The summed E-state index contributed by atoms with van der Waals surface area (Å²) in [7, 11) is 0. The first kappa shape index (κ1) is 17.5. The topological polar surface area (TPSA) is 29.5 Å². The van der Waals surface area contributed by atoms with Crippen molar-refractivity contribution in [3.63, 3.8) is 0 Å². The predicted molar refractivity (Wildman–Crippen MR) is 122 cm³/mol. The Bertz CT molecular complexity index is 1320. The van der Waals surface area contributed by atoms with Gasteiger partial charge in [0.25, 0.3) is 0 Å². The lowest BCUT2D eigenvalue weighted by Gasteiger charge is -2.29. The highest BCUT2D eigenvalue weighted by Gasteiger charge is 2.37. The average Bonchev–Trinajstić information content (AvgIpc) is 3.13. The van der Waals surface area contributed by atoms with Crippen LogP contribution in [0.15, 0.2) is 84.9 Å². The van der Waals surface area contributed by atoms with Gasteiger partial charge in [0.05, 0.1) is 6.61 Å². The monoisotopic (exact) mass is 390 g/mol. The Hall–Kier alpha value is -3.36. The molecule has 1 aliphatic carbocycles. The Morgan fingerprint density at radius 3 is 2.30 bits per heavy atom. The lowest BCUT2D eigenvalue weighted by Crippen LogP contribution is -2.18. The van der Waals surface area contributed by atoms with E-state index in [2.05, 4.69) is 85.8 Å². The summed E-state index contributed by atoms with van der Waals surface area (Å²) in [5.41, 5.74) is 8.34. The molecule has 0 saturated carbocycles. The van der Waals surface area contributed by atoms with Gasteiger partial charge in [0.15, 0.2) is 0 Å². The molecule has 1 N–H and O–H groups in total. The summed E-state index contributed by atoms with van der Waals surface area (Å²) in [6.07, 6.45) is 2.19. The molecule has 4 aromatic rings. The molecule has 1 aliphatic heterocycles. The fourth-order valence-electron chi connectivity index (χ4n) is 5.22. The Morgan fingerprint density at radius 1 is 0.800 bits per heavy atom. The Morgan fingerprint density at radius 2 is 1.50 bits per heavy atom. The third kappa shape index (κ3) is 2.34. The molecule has 2 aliphatic rings. The van der Waals surface area contributed by atoms with Crippen molar-refractivity contribution in [1.29, 1.82) is 0 Å². The molecule has 4 aromatic carbocycles. The van der Waals surface area contributed by atoms with E-state index in [1.54, 1.807) is 0 Å². The van der Waals surface area contributed by atoms with Gasteiger partial charge in [-0.25, -0.2) is 0 Å². The molecule has 0 saturated heterocycles. The molecule has 30 heavy (non-hydrogen) atoms. The van der Waals surface area contributed by atoms with Gasteiger partial charge in [0.2, 0.25) is 0 Å². The second-order valence-electron chi connectivity index (χ2n) is 8.13. The second-order valence-corrected chi connectivity index (χ2v) is 8.13. The van der Waals surface area contributed by atoms with Crippen molar-refractivity contribution in [1.82, 2.24) is 0 Å². The summed E-state index contributed by atoms with van der Waals surface area (Å²) in [4.78, 5) is 0. The van der Waals surface area contributed by atoms with Crippen molar-refractivity contribution >= 4 is 16.3 Å². The highest BCUT2D eigenvalue weighted by atomic mass is 16.5. The van der Waals surface area contributed by atoms with Gasteiger partial charge in [-0.15, -0.1) is 0 Å². The minimum Gasteiger partial charge on any atom is -0.485 e. The average molecular weight is 390 g/mol. The van der Waals surface area contributed by atoms with Gasteiger partial charge in [0, 0.05) is 16.9 Å². The normalized spacial score (nSPS) is 18.9. The van der Waals surface area contributed by atoms with Crippen LogP contribution in [0.5, 0.6) is 5.75 Å². The van der Waals surface area contributed by atoms with Crippen molar-refractivity contribution in [2.75, 3.05) is 6.61 Å². The van der Waals surface area contributed by atoms with Crippen LogP contribution in [0.25, 0.3) is 27.5 Å². The van der Waals surface area contributed by atoms with Crippen LogP contribution in [0.2, 0.25) is 0 Å². The molecule has 2 unspecified atom stereocenters. The van der Waals surface area contributed by atoms with Gasteiger partial charge in [-0.1, -0.05) is 78.9 Å². The van der Waals surface area contributed by atoms with E-state index in [4.69, 9.17) is 4.74 Å². The maximum absolute atomic E-state index is 10.5. The molecule has 0 radical (unpaired) electrons. The van der Waals surface area contributed by atoms with Crippen molar-refractivity contribution in [2.24, 2.45) is 0 Å². The molecule has 0 fully saturated rings. The maximum Gasteiger partial charge on any atom is 0.136 e. The molecule has 1 heterocycles. The van der Waals surface area contributed by atoms with Gasteiger partial charge in [0.1, 0.15) is 11.9 Å². The van der Waals surface area contributed by atoms with E-state index in [1.807, 2.05) is 6.07 Å². The van der Waals surface area contributed by atoms with Gasteiger partial charge in [-0.3, -0.25) is 0 Å². The van der Waals surface area contributed by atoms with Crippen LogP contribution in [0.4, 0.5) is 0 Å². The molecule has 2 atom stereocenters. The molecule has 2 heteroatoms. The van der Waals surface area contributed by atoms with Crippen LogP contribution in [0, 0.1) is 0 Å². The minimum absolute atomic E-state index is 0.0227. The molecule has 0 spiro atoms. The summed E-state index contributed by atoms with van der Waals surface area (Å²) in [5, 5.41) is 12.8. The van der Waals surface area contributed by atoms with E-state index in [0.717, 1.165) is 16.7 Å². The molecule has 0 aromatic heterocycles. The largest absolute Gasteiger partial charge is 0.485 e. The highest BCUT2D eigenvalue weighted by molar-refractivity contribution is 6.10. The van der Waals surface area contributed by atoms with E-state index in [9.17, 15) is 5.11 Å². The van der Waals surface area contributed by atoms with Gasteiger partial charge in [-0.2, -0.15) is 0 Å². The Kier molecular flexibility index (Phi) is 3.84. The first-order valence-corrected chi connectivity index (χ1v) is 10.5. The van der Waals surface area contributed by atoms with Crippen molar-refractivity contribution in [2.45, 2.75) is 18.9 Å².